The van der Waals surface area contributed by atoms with Crippen molar-refractivity contribution in [2.24, 2.45) is 0 Å². The van der Waals surface area contributed by atoms with Crippen LogP contribution in [0.2, 0.25) is 5.02 Å². The fourth-order valence-electron chi connectivity index (χ4n) is 2.08. The van der Waals surface area contributed by atoms with Gasteiger partial charge in [-0.25, -0.2) is 0 Å². The molecule has 0 aliphatic carbocycles. The summed E-state index contributed by atoms with van der Waals surface area (Å²) in [4.78, 5) is 0. The predicted octanol–water partition coefficient (Wildman–Crippen LogP) is 3.39. The highest BCUT2D eigenvalue weighted by Gasteiger charge is 2.04. The van der Waals surface area contributed by atoms with Gasteiger partial charge in [0.05, 0.1) is 11.7 Å². The van der Waals surface area contributed by atoms with Crippen LogP contribution >= 0.6 is 11.6 Å². The van der Waals surface area contributed by atoms with Gasteiger partial charge in [-0.2, -0.15) is 5.10 Å². The number of fused-ring (bicyclic) bond motifs is 1. The van der Waals surface area contributed by atoms with Crippen molar-refractivity contribution in [2.45, 2.75) is 6.42 Å². The first-order valence-electron chi connectivity index (χ1n) is 5.68. The second-order valence-corrected chi connectivity index (χ2v) is 4.76. The van der Waals surface area contributed by atoms with Crippen LogP contribution in [0.15, 0.2) is 42.6 Å². The van der Waals surface area contributed by atoms with Crippen molar-refractivity contribution >= 4 is 28.2 Å². The van der Waals surface area contributed by atoms with E-state index >= 15 is 0 Å². The molecule has 0 aliphatic heterocycles. The normalized spacial score (nSPS) is 10.9. The topological polar surface area (TPSA) is 54.7 Å². The molecule has 0 radical (unpaired) electrons. The van der Waals surface area contributed by atoms with Crippen molar-refractivity contribution in [3.8, 4) is 0 Å². The van der Waals surface area contributed by atoms with Crippen LogP contribution in [0.5, 0.6) is 0 Å². The third kappa shape index (κ3) is 2.05. The molecule has 3 rings (SSSR count). The van der Waals surface area contributed by atoms with Crippen molar-refractivity contribution in [1.29, 1.82) is 0 Å². The number of nitrogens with two attached hydrogens (primary N) is 1. The van der Waals surface area contributed by atoms with E-state index in [4.69, 9.17) is 17.3 Å². The number of hydrogen-bond acceptors (Lipinski definition) is 2. The number of nitrogens with zero attached hydrogens (tertiary/aromatic N) is 1. The Morgan fingerprint density at radius 3 is 2.67 bits per heavy atom. The van der Waals surface area contributed by atoms with Gasteiger partial charge in [-0.15, -0.1) is 0 Å². The molecule has 90 valence electrons. The number of hydrogen-bond donors (Lipinski definition) is 2. The van der Waals surface area contributed by atoms with Gasteiger partial charge in [-0.3, -0.25) is 5.10 Å². The number of aromatic nitrogens is 2. The molecule has 2 aromatic carbocycles. The first-order chi connectivity index (χ1) is 8.72. The van der Waals surface area contributed by atoms with E-state index in [9.17, 15) is 0 Å². The maximum absolute atomic E-state index is 6.00. The third-order valence-electron chi connectivity index (χ3n) is 2.97. The minimum atomic E-state index is 0.752. The Hall–Kier alpha value is -2.00. The lowest BCUT2D eigenvalue weighted by atomic mass is 10.0. The lowest BCUT2D eigenvalue weighted by Crippen LogP contribution is -1.92. The number of rotatable bonds is 2. The van der Waals surface area contributed by atoms with Crippen LogP contribution in [0, 0.1) is 0 Å². The van der Waals surface area contributed by atoms with Gasteiger partial charge in [0.25, 0.3) is 0 Å². The van der Waals surface area contributed by atoms with Crippen molar-refractivity contribution < 1.29 is 0 Å². The molecular formula is C14H12ClN3. The fraction of sp³-hybridized carbons (Fsp3) is 0.0714. The van der Waals surface area contributed by atoms with Gasteiger partial charge in [0.15, 0.2) is 0 Å². The summed E-state index contributed by atoms with van der Waals surface area (Å²) in [7, 11) is 0. The molecule has 4 heteroatoms. The van der Waals surface area contributed by atoms with Crippen molar-refractivity contribution in [3.05, 3.63) is 58.7 Å². The molecule has 0 saturated carbocycles. The molecule has 0 bridgehead atoms. The van der Waals surface area contributed by atoms with Crippen LogP contribution in [0.1, 0.15) is 11.1 Å². The number of benzene rings is 2. The van der Waals surface area contributed by atoms with E-state index in [1.54, 1.807) is 6.20 Å². The number of nitrogens with one attached hydrogen (secondary N) is 1. The molecule has 0 aliphatic rings. The number of H-pyrrole nitrogens is 1. The second kappa shape index (κ2) is 4.35. The zero-order chi connectivity index (χ0) is 12.5. The predicted molar refractivity (Wildman–Crippen MR) is 74.8 cm³/mol. The molecular weight excluding hydrogens is 246 g/mol. The first-order valence-corrected chi connectivity index (χ1v) is 6.06. The smallest absolute Gasteiger partial charge is 0.0673 e. The summed E-state index contributed by atoms with van der Waals surface area (Å²) < 4.78 is 0. The summed E-state index contributed by atoms with van der Waals surface area (Å²) in [6.45, 7) is 0. The molecule has 0 fully saturated rings. The maximum Gasteiger partial charge on any atom is 0.0673 e. The average molecular weight is 258 g/mol. The Morgan fingerprint density at radius 2 is 1.89 bits per heavy atom. The van der Waals surface area contributed by atoms with E-state index in [1.165, 1.54) is 5.56 Å². The quantitative estimate of drug-likeness (QED) is 0.692. The summed E-state index contributed by atoms with van der Waals surface area (Å²) in [5.74, 6) is 0. The van der Waals surface area contributed by atoms with Gasteiger partial charge in [-0.05, 0) is 41.8 Å². The molecule has 0 unspecified atom stereocenters. The highest BCUT2D eigenvalue weighted by atomic mass is 35.5. The zero-order valence-corrected chi connectivity index (χ0v) is 10.4. The summed E-state index contributed by atoms with van der Waals surface area (Å²) in [5.41, 5.74) is 10.1. The van der Waals surface area contributed by atoms with Crippen molar-refractivity contribution in [3.63, 3.8) is 0 Å². The van der Waals surface area contributed by atoms with E-state index in [-0.39, 0.29) is 0 Å². The Kier molecular flexibility index (Phi) is 2.68. The molecule has 0 saturated heterocycles. The molecule has 3 aromatic rings. The van der Waals surface area contributed by atoms with Crippen LogP contribution < -0.4 is 5.73 Å². The van der Waals surface area contributed by atoms with Crippen LogP contribution in [-0.2, 0) is 6.42 Å². The lowest BCUT2D eigenvalue weighted by Gasteiger charge is -2.04. The highest BCUT2D eigenvalue weighted by Crippen LogP contribution is 2.23. The molecule has 3 nitrogen and oxygen atoms in total. The van der Waals surface area contributed by atoms with Crippen LogP contribution in [0.3, 0.4) is 0 Å². The lowest BCUT2D eigenvalue weighted by molar-refractivity contribution is 1.11. The van der Waals surface area contributed by atoms with Gasteiger partial charge in [-0.1, -0.05) is 23.7 Å². The average Bonchev–Trinajstić information content (AvgIpc) is 2.81. The van der Waals surface area contributed by atoms with Crippen LogP contribution in [0.25, 0.3) is 10.9 Å². The fourth-order valence-corrected chi connectivity index (χ4v) is 2.21. The standard InChI is InChI=1S/C14H12ClN3/c15-11-3-1-9(2-4-11)5-10-6-13(16)12-8-17-18-14(12)7-10/h1-4,6-8H,5,16H2,(H,17,18). The number of anilines is 1. The van der Waals surface area contributed by atoms with Crippen molar-refractivity contribution in [2.75, 3.05) is 5.73 Å². The maximum atomic E-state index is 6.00. The molecule has 3 N–H and O–H groups in total. The van der Waals surface area contributed by atoms with Crippen LogP contribution in [-0.4, -0.2) is 10.2 Å². The molecule has 0 atom stereocenters. The Balaban J connectivity index is 1.97. The Morgan fingerprint density at radius 1 is 1.11 bits per heavy atom. The summed E-state index contributed by atoms with van der Waals surface area (Å²) >= 11 is 5.87. The molecule has 0 amide bonds. The monoisotopic (exact) mass is 257 g/mol. The summed E-state index contributed by atoms with van der Waals surface area (Å²) in [5, 5.41) is 8.66. The second-order valence-electron chi connectivity index (χ2n) is 4.32. The highest BCUT2D eigenvalue weighted by molar-refractivity contribution is 6.30. The number of aromatic amines is 1. The number of nitrogen functional groups attached to an aromatic ring is 1. The molecule has 1 aromatic heterocycles. The third-order valence-corrected chi connectivity index (χ3v) is 3.22. The van der Waals surface area contributed by atoms with Gasteiger partial charge in [0, 0.05) is 16.1 Å². The Labute approximate surface area is 110 Å². The van der Waals surface area contributed by atoms with E-state index in [0.29, 0.717) is 0 Å². The first kappa shape index (κ1) is 11.1. The van der Waals surface area contributed by atoms with E-state index in [1.807, 2.05) is 30.3 Å². The number of halogens is 1. The van der Waals surface area contributed by atoms with Gasteiger partial charge >= 0.3 is 0 Å². The van der Waals surface area contributed by atoms with Gasteiger partial charge < -0.3 is 5.73 Å². The van der Waals surface area contributed by atoms with E-state index < -0.39 is 0 Å². The minimum absolute atomic E-state index is 0.752. The van der Waals surface area contributed by atoms with Crippen molar-refractivity contribution in [1.82, 2.24) is 10.2 Å². The molecule has 0 spiro atoms. The van der Waals surface area contributed by atoms with Gasteiger partial charge in [0.2, 0.25) is 0 Å². The Bertz CT molecular complexity index is 686. The zero-order valence-electron chi connectivity index (χ0n) is 9.65. The minimum Gasteiger partial charge on any atom is -0.398 e. The van der Waals surface area contributed by atoms with E-state index in [2.05, 4.69) is 16.3 Å². The van der Waals surface area contributed by atoms with E-state index in [0.717, 1.165) is 33.6 Å². The summed E-state index contributed by atoms with van der Waals surface area (Å²) in [6.07, 6.45) is 2.58. The van der Waals surface area contributed by atoms with Crippen LogP contribution in [0.4, 0.5) is 5.69 Å². The summed E-state index contributed by atoms with van der Waals surface area (Å²) in [6, 6.07) is 11.9. The molecule has 1 heterocycles. The SMILES string of the molecule is Nc1cc(Cc2ccc(Cl)cc2)cc2[nH]ncc12. The largest absolute Gasteiger partial charge is 0.398 e. The molecule has 18 heavy (non-hydrogen) atoms. The van der Waals surface area contributed by atoms with Gasteiger partial charge in [0.1, 0.15) is 0 Å².